The van der Waals surface area contributed by atoms with Gasteiger partial charge in [-0.2, -0.15) is 13.2 Å². The maximum absolute atomic E-state index is 12.8. The molecule has 1 N–H and O–H groups in total. The molecular weight excluding hydrogens is 430 g/mol. The van der Waals surface area contributed by atoms with Crippen LogP contribution in [0.3, 0.4) is 0 Å². The minimum Gasteiger partial charge on any atom is -0.445 e. The van der Waals surface area contributed by atoms with Gasteiger partial charge in [-0.15, -0.1) is 0 Å². The Hall–Kier alpha value is -2.25. The summed E-state index contributed by atoms with van der Waals surface area (Å²) >= 11 is 11.2. The molecule has 0 fully saturated rings. The van der Waals surface area contributed by atoms with E-state index in [1.54, 1.807) is 38.1 Å². The molecule has 0 saturated carbocycles. The van der Waals surface area contributed by atoms with E-state index in [0.29, 0.717) is 16.7 Å². The Bertz CT molecular complexity index is 884. The lowest BCUT2D eigenvalue weighted by Gasteiger charge is -2.18. The quantitative estimate of drug-likeness (QED) is 0.548. The molecule has 29 heavy (non-hydrogen) atoms. The first-order valence-electron chi connectivity index (χ1n) is 8.57. The molecule has 2 rings (SSSR count). The van der Waals surface area contributed by atoms with Crippen molar-refractivity contribution in [1.82, 2.24) is 5.32 Å². The van der Waals surface area contributed by atoms with Crippen LogP contribution in [0.15, 0.2) is 42.5 Å². The van der Waals surface area contributed by atoms with Gasteiger partial charge >= 0.3 is 12.3 Å². The van der Waals surface area contributed by atoms with Gasteiger partial charge in [0.25, 0.3) is 0 Å². The summed E-state index contributed by atoms with van der Waals surface area (Å²) in [5, 5.41) is 1.33. The maximum atomic E-state index is 12.8. The number of hydrogen-bond donors (Lipinski definition) is 1. The van der Waals surface area contributed by atoms with Crippen LogP contribution in [-0.4, -0.2) is 17.4 Å². The monoisotopic (exact) mass is 447 g/mol. The molecule has 0 aliphatic heterocycles. The summed E-state index contributed by atoms with van der Waals surface area (Å²) in [6.45, 7) is 3.41. The van der Waals surface area contributed by atoms with Crippen molar-refractivity contribution in [3.63, 3.8) is 0 Å². The average molecular weight is 448 g/mol. The van der Waals surface area contributed by atoms with Crippen molar-refractivity contribution in [1.29, 1.82) is 0 Å². The van der Waals surface area contributed by atoms with Crippen LogP contribution in [0.5, 0.6) is 0 Å². The highest BCUT2D eigenvalue weighted by molar-refractivity contribution is 6.64. The van der Waals surface area contributed by atoms with Crippen molar-refractivity contribution >= 4 is 34.5 Å². The van der Waals surface area contributed by atoms with Crippen molar-refractivity contribution in [2.24, 2.45) is 5.92 Å². The fourth-order valence-electron chi connectivity index (χ4n) is 2.52. The van der Waals surface area contributed by atoms with Crippen LogP contribution in [0.25, 0.3) is 11.1 Å². The Balaban J connectivity index is 2.01. The fraction of sp³-hybridized carbons (Fsp3) is 0.300. The Morgan fingerprint density at radius 1 is 1.07 bits per heavy atom. The van der Waals surface area contributed by atoms with Gasteiger partial charge in [0.1, 0.15) is 12.6 Å². The summed E-state index contributed by atoms with van der Waals surface area (Å²) in [5.41, 5.74) is 0.935. The van der Waals surface area contributed by atoms with E-state index in [4.69, 9.17) is 27.9 Å². The normalized spacial score (nSPS) is 12.6. The standard InChI is InChI=1S/C20H18Cl2F3NO3/c1-11(2)17(18(22)27)26-19(28)29-10-12-3-5-13(6-4-12)14-7-8-15(16(21)9-14)20(23,24)25/h3-9,11,17H,10H2,1-2H3,(H,26,28). The van der Waals surface area contributed by atoms with Gasteiger partial charge < -0.3 is 10.1 Å². The van der Waals surface area contributed by atoms with Crippen LogP contribution >= 0.6 is 23.2 Å². The van der Waals surface area contributed by atoms with Gasteiger partial charge in [0.2, 0.25) is 5.24 Å². The first kappa shape index (κ1) is 23.0. The number of rotatable bonds is 6. The number of amides is 1. The highest BCUT2D eigenvalue weighted by Crippen LogP contribution is 2.36. The van der Waals surface area contributed by atoms with Gasteiger partial charge in [-0.25, -0.2) is 4.79 Å². The van der Waals surface area contributed by atoms with E-state index in [1.165, 1.54) is 12.1 Å². The predicted molar refractivity (Wildman–Crippen MR) is 105 cm³/mol. The van der Waals surface area contributed by atoms with Gasteiger partial charge in [-0.1, -0.05) is 55.8 Å². The molecule has 0 radical (unpaired) electrons. The van der Waals surface area contributed by atoms with Gasteiger partial charge in [0.05, 0.1) is 10.6 Å². The van der Waals surface area contributed by atoms with Crippen molar-refractivity contribution in [3.05, 3.63) is 58.6 Å². The van der Waals surface area contributed by atoms with Crippen molar-refractivity contribution < 1.29 is 27.5 Å². The number of carbonyl (C=O) groups excluding carboxylic acids is 2. The van der Waals surface area contributed by atoms with Crippen LogP contribution in [0.4, 0.5) is 18.0 Å². The summed E-state index contributed by atoms with van der Waals surface area (Å²) in [5.74, 6) is -0.192. The molecule has 1 unspecified atom stereocenters. The van der Waals surface area contributed by atoms with E-state index < -0.39 is 29.1 Å². The van der Waals surface area contributed by atoms with E-state index in [2.05, 4.69) is 5.32 Å². The third kappa shape index (κ3) is 6.37. The predicted octanol–water partition coefficient (Wildman–Crippen LogP) is 6.04. The van der Waals surface area contributed by atoms with Gasteiger partial charge in [0.15, 0.2) is 0 Å². The third-order valence-corrected chi connectivity index (χ3v) is 4.66. The molecule has 156 valence electrons. The summed E-state index contributed by atoms with van der Waals surface area (Å²) < 4.78 is 43.5. The Labute approximate surface area is 175 Å². The van der Waals surface area contributed by atoms with E-state index >= 15 is 0 Å². The average Bonchev–Trinajstić information content (AvgIpc) is 2.63. The van der Waals surface area contributed by atoms with Gasteiger partial charge in [-0.3, -0.25) is 4.79 Å². The SMILES string of the molecule is CC(C)C(NC(=O)OCc1ccc(-c2ccc(C(F)(F)F)c(Cl)c2)cc1)C(=O)Cl. The van der Waals surface area contributed by atoms with E-state index in [9.17, 15) is 22.8 Å². The van der Waals surface area contributed by atoms with Crippen LogP contribution in [-0.2, 0) is 22.3 Å². The summed E-state index contributed by atoms with van der Waals surface area (Å²) in [7, 11) is 0. The molecule has 0 aliphatic rings. The second-order valence-corrected chi connectivity index (χ2v) is 7.42. The zero-order chi connectivity index (χ0) is 21.8. The minimum absolute atomic E-state index is 0.0544. The number of alkyl halides is 3. The molecule has 0 aromatic heterocycles. The number of benzene rings is 2. The molecule has 0 saturated heterocycles. The lowest BCUT2D eigenvalue weighted by atomic mass is 10.0. The number of nitrogens with one attached hydrogen (secondary N) is 1. The zero-order valence-electron chi connectivity index (χ0n) is 15.5. The van der Waals surface area contributed by atoms with Gasteiger partial charge in [-0.05, 0) is 46.3 Å². The van der Waals surface area contributed by atoms with Crippen molar-refractivity contribution in [3.8, 4) is 11.1 Å². The van der Waals surface area contributed by atoms with Crippen LogP contribution in [0, 0.1) is 5.92 Å². The number of carbonyl (C=O) groups is 2. The smallest absolute Gasteiger partial charge is 0.417 e. The first-order chi connectivity index (χ1) is 13.5. The molecule has 0 aliphatic carbocycles. The molecule has 1 atom stereocenters. The number of hydrogen-bond acceptors (Lipinski definition) is 3. The molecule has 1 amide bonds. The van der Waals surface area contributed by atoms with Crippen LogP contribution < -0.4 is 5.32 Å². The summed E-state index contributed by atoms with van der Waals surface area (Å²) in [4.78, 5) is 23.1. The molecule has 0 spiro atoms. The second kappa shape index (κ2) is 9.50. The lowest BCUT2D eigenvalue weighted by Crippen LogP contribution is -2.42. The van der Waals surface area contributed by atoms with Crippen LogP contribution in [0.2, 0.25) is 5.02 Å². The van der Waals surface area contributed by atoms with Gasteiger partial charge in [0, 0.05) is 0 Å². The van der Waals surface area contributed by atoms with E-state index in [-0.39, 0.29) is 17.5 Å². The molecule has 4 nitrogen and oxygen atoms in total. The fourth-order valence-corrected chi connectivity index (χ4v) is 3.12. The van der Waals surface area contributed by atoms with Crippen molar-refractivity contribution in [2.45, 2.75) is 32.7 Å². The Morgan fingerprint density at radius 3 is 2.14 bits per heavy atom. The molecule has 0 heterocycles. The number of halogens is 5. The molecule has 2 aromatic carbocycles. The van der Waals surface area contributed by atoms with Crippen molar-refractivity contribution in [2.75, 3.05) is 0 Å². The maximum Gasteiger partial charge on any atom is 0.417 e. The number of ether oxygens (including phenoxy) is 1. The second-order valence-electron chi connectivity index (χ2n) is 6.64. The highest BCUT2D eigenvalue weighted by atomic mass is 35.5. The molecular formula is C20H18Cl2F3NO3. The topological polar surface area (TPSA) is 55.4 Å². The highest BCUT2D eigenvalue weighted by Gasteiger charge is 2.33. The van der Waals surface area contributed by atoms with E-state index in [0.717, 1.165) is 6.07 Å². The summed E-state index contributed by atoms with van der Waals surface area (Å²) in [6, 6.07) is 9.35. The summed E-state index contributed by atoms with van der Waals surface area (Å²) in [6.07, 6.45) is -5.30. The molecule has 2 aromatic rings. The Kier molecular flexibility index (Phi) is 7.54. The number of alkyl carbamates (subject to hydrolysis) is 1. The largest absolute Gasteiger partial charge is 0.445 e. The Morgan fingerprint density at radius 2 is 1.66 bits per heavy atom. The lowest BCUT2D eigenvalue weighted by molar-refractivity contribution is -0.137. The molecule has 9 heteroatoms. The molecule has 0 bridgehead atoms. The zero-order valence-corrected chi connectivity index (χ0v) is 17.0. The minimum atomic E-state index is -4.51. The third-order valence-electron chi connectivity index (χ3n) is 4.12. The van der Waals surface area contributed by atoms with E-state index in [1.807, 2.05) is 0 Å². The van der Waals surface area contributed by atoms with Crippen LogP contribution in [0.1, 0.15) is 25.0 Å². The first-order valence-corrected chi connectivity index (χ1v) is 9.33.